The van der Waals surface area contributed by atoms with E-state index in [2.05, 4.69) is 292 Å². The van der Waals surface area contributed by atoms with Crippen LogP contribution < -0.4 is 14.5 Å². The summed E-state index contributed by atoms with van der Waals surface area (Å²) in [4.78, 5) is 10.3. The fourth-order valence-corrected chi connectivity index (χ4v) is 11.2. The van der Waals surface area contributed by atoms with Gasteiger partial charge in [-0.2, -0.15) is 0 Å². The predicted molar refractivity (Wildman–Crippen MR) is 321 cm³/mol. The molecular weight excluding hydrogens is 913 g/mol. The number of hydrogen-bond acceptors (Lipinski definition) is 4. The summed E-state index contributed by atoms with van der Waals surface area (Å²) in [7, 11) is 0. The van der Waals surface area contributed by atoms with Crippen LogP contribution in [0.2, 0.25) is 0 Å². The van der Waals surface area contributed by atoms with Gasteiger partial charge in [0.1, 0.15) is 17.3 Å². The van der Waals surface area contributed by atoms with Crippen LogP contribution >= 0.6 is 0 Å². The first kappa shape index (κ1) is 53.2. The highest BCUT2D eigenvalue weighted by atomic mass is 16.5. The fourth-order valence-electron chi connectivity index (χ4n) is 11.2. The molecule has 3 heterocycles. The molecule has 0 radical (unpaired) electrons. The maximum atomic E-state index is 7.19. The molecule has 1 aliphatic rings. The molecule has 0 amide bonds. The van der Waals surface area contributed by atoms with E-state index in [9.17, 15) is 0 Å². The van der Waals surface area contributed by atoms with E-state index >= 15 is 0 Å². The molecule has 0 saturated heterocycles. The van der Waals surface area contributed by atoms with Crippen LogP contribution in [0.4, 0.5) is 11.4 Å². The van der Waals surface area contributed by atoms with Crippen molar-refractivity contribution in [3.05, 3.63) is 202 Å². The maximum absolute atomic E-state index is 7.19. The van der Waals surface area contributed by atoms with Gasteiger partial charge < -0.3 is 14.5 Å². The third kappa shape index (κ3) is 10.3. The van der Waals surface area contributed by atoms with Crippen LogP contribution in [0.15, 0.2) is 163 Å². The molecule has 0 spiro atoms. The van der Waals surface area contributed by atoms with Crippen molar-refractivity contribution in [1.82, 2.24) is 9.55 Å². The Hall–Kier alpha value is -6.59. The van der Waals surface area contributed by atoms with Crippen molar-refractivity contribution in [2.24, 2.45) is 10.8 Å². The summed E-state index contributed by atoms with van der Waals surface area (Å²) in [5.41, 5.74) is 14.9. The third-order valence-electron chi connectivity index (χ3n) is 15.9. The fraction of sp³-hybridized carbons (Fsp3) is 0.386. The Balaban J connectivity index is 1.21. The van der Waals surface area contributed by atoms with Crippen molar-refractivity contribution in [1.29, 1.82) is 0 Å². The van der Waals surface area contributed by atoms with Gasteiger partial charge in [-0.05, 0) is 110 Å². The number of benzene rings is 6. The Kier molecular flexibility index (Phi) is 13.2. The van der Waals surface area contributed by atoms with Gasteiger partial charge in [0.15, 0.2) is 0 Å². The Bertz CT molecular complexity index is 3370. The van der Waals surface area contributed by atoms with Gasteiger partial charge in [0.05, 0.1) is 17.7 Å². The number of rotatable bonds is 9. The van der Waals surface area contributed by atoms with Gasteiger partial charge in [-0.15, -0.1) is 0 Å². The van der Waals surface area contributed by atoms with E-state index in [1.165, 1.54) is 66.8 Å². The molecule has 0 atom stereocenters. The molecule has 2 aromatic heterocycles. The predicted octanol–water partition coefficient (Wildman–Crippen LogP) is 19.1. The molecule has 0 fully saturated rings. The second kappa shape index (κ2) is 18.6. The van der Waals surface area contributed by atoms with E-state index in [1.807, 2.05) is 6.20 Å². The third-order valence-corrected chi connectivity index (χ3v) is 15.9. The number of anilines is 2. The lowest BCUT2D eigenvalue weighted by Gasteiger charge is -2.36. The van der Waals surface area contributed by atoms with Gasteiger partial charge >= 0.3 is 0 Å². The van der Waals surface area contributed by atoms with Crippen molar-refractivity contribution in [3.8, 4) is 17.3 Å². The molecule has 0 N–H and O–H groups in total. The summed E-state index contributed by atoms with van der Waals surface area (Å²) in [5, 5.41) is 2.37. The van der Waals surface area contributed by atoms with E-state index in [1.54, 1.807) is 0 Å². The van der Waals surface area contributed by atoms with E-state index in [4.69, 9.17) is 9.72 Å². The lowest BCUT2D eigenvalue weighted by atomic mass is 9.73. The van der Waals surface area contributed by atoms with Crippen LogP contribution in [0.25, 0.3) is 27.6 Å². The van der Waals surface area contributed by atoms with E-state index in [0.29, 0.717) is 6.67 Å². The first-order chi connectivity index (χ1) is 34.8. The molecule has 0 unspecified atom stereocenters. The van der Waals surface area contributed by atoms with Crippen molar-refractivity contribution in [2.45, 2.75) is 159 Å². The molecule has 9 rings (SSSR count). The van der Waals surface area contributed by atoms with Crippen LogP contribution in [0.5, 0.6) is 11.5 Å². The minimum atomic E-state index is -0.260. The molecule has 5 heteroatoms. The Morgan fingerprint density at radius 3 is 1.31 bits per heavy atom. The quantitative estimate of drug-likeness (QED) is 0.144. The van der Waals surface area contributed by atoms with Crippen molar-refractivity contribution >= 4 is 33.2 Å². The number of allylic oxidation sites excluding steroid dienone is 2. The molecule has 0 aliphatic carbocycles. The SMILES string of the molecule is CC(C)(C)C1=C(C(C)(C)C)N(c2cc(C(C)(C)c3ccccc3)cc(C(C)(C)c3ccccc3)c2)CN1c1cc(Oc2ccc3c4ccc(C(C)(C)C)cc4n(-c4cc(C(C)(C)C)ccn4)c3c2)cc(C(C)(C)C)c1. The number of hydrogen-bond donors (Lipinski definition) is 0. The Morgan fingerprint density at radius 1 is 0.360 bits per heavy atom. The van der Waals surface area contributed by atoms with Crippen LogP contribution in [-0.4, -0.2) is 16.2 Å². The van der Waals surface area contributed by atoms with E-state index in [0.717, 1.165) is 34.0 Å². The summed E-state index contributed by atoms with van der Waals surface area (Å²) >= 11 is 0. The summed E-state index contributed by atoms with van der Waals surface area (Å²) in [6.07, 6.45) is 1.96. The van der Waals surface area contributed by atoms with Gasteiger partial charge in [-0.3, -0.25) is 4.57 Å². The number of pyridine rings is 1. The molecule has 0 bridgehead atoms. The topological polar surface area (TPSA) is 33.5 Å². The van der Waals surface area contributed by atoms with Crippen LogP contribution in [-0.2, 0) is 27.1 Å². The lowest BCUT2D eigenvalue weighted by molar-refractivity contribution is 0.444. The molecule has 75 heavy (non-hydrogen) atoms. The molecule has 1 aliphatic heterocycles. The van der Waals surface area contributed by atoms with E-state index < -0.39 is 0 Å². The lowest BCUT2D eigenvalue weighted by Crippen LogP contribution is -2.32. The second-order valence-corrected chi connectivity index (χ2v) is 27.7. The monoisotopic (exact) mass is 997 g/mol. The summed E-state index contributed by atoms with van der Waals surface area (Å²) in [6, 6.07) is 54.3. The zero-order valence-electron chi connectivity index (χ0n) is 48.8. The Labute approximate surface area is 450 Å². The van der Waals surface area contributed by atoms with Gasteiger partial charge in [0.2, 0.25) is 0 Å². The normalized spacial score (nSPS) is 14.4. The van der Waals surface area contributed by atoms with Crippen LogP contribution in [0.3, 0.4) is 0 Å². The molecule has 390 valence electrons. The average molecular weight is 997 g/mol. The van der Waals surface area contributed by atoms with E-state index in [-0.39, 0.29) is 37.9 Å². The Morgan fingerprint density at radius 2 is 0.813 bits per heavy atom. The van der Waals surface area contributed by atoms with Gasteiger partial charge in [0.25, 0.3) is 0 Å². The van der Waals surface area contributed by atoms with Crippen LogP contribution in [0.1, 0.15) is 170 Å². The minimum absolute atomic E-state index is 0.0200. The maximum Gasteiger partial charge on any atom is 0.137 e. The summed E-state index contributed by atoms with van der Waals surface area (Å²) in [6.45, 7) is 45.0. The van der Waals surface area contributed by atoms with Gasteiger partial charge in [-0.1, -0.05) is 210 Å². The first-order valence-electron chi connectivity index (χ1n) is 27.3. The van der Waals surface area contributed by atoms with Gasteiger partial charge in [-0.25, -0.2) is 4.98 Å². The van der Waals surface area contributed by atoms with Gasteiger partial charge in [0, 0.05) is 73.5 Å². The highest BCUT2D eigenvalue weighted by Crippen LogP contribution is 2.51. The van der Waals surface area contributed by atoms with Crippen molar-refractivity contribution < 1.29 is 4.74 Å². The number of nitrogens with zero attached hydrogens (tertiary/aromatic N) is 4. The molecule has 5 nitrogen and oxygen atoms in total. The summed E-state index contributed by atoms with van der Waals surface area (Å²) < 4.78 is 9.53. The van der Waals surface area contributed by atoms with Crippen LogP contribution in [0, 0.1) is 10.8 Å². The number of fused-ring (bicyclic) bond motifs is 3. The summed E-state index contributed by atoms with van der Waals surface area (Å²) in [5.74, 6) is 2.50. The van der Waals surface area contributed by atoms with Crippen molar-refractivity contribution in [2.75, 3.05) is 16.5 Å². The highest BCUT2D eigenvalue weighted by Gasteiger charge is 2.43. The largest absolute Gasteiger partial charge is 0.457 e. The van der Waals surface area contributed by atoms with Crippen molar-refractivity contribution in [3.63, 3.8) is 0 Å². The number of aromatic nitrogens is 2. The average Bonchev–Trinajstić information content (AvgIpc) is 3.92. The number of ether oxygens (including phenoxy) is 1. The second-order valence-electron chi connectivity index (χ2n) is 27.7. The zero-order chi connectivity index (χ0) is 54.4. The zero-order valence-corrected chi connectivity index (χ0v) is 48.8. The molecular formula is C70H84N4O. The molecule has 6 aromatic carbocycles. The smallest absolute Gasteiger partial charge is 0.137 e. The molecule has 0 saturated carbocycles. The first-order valence-corrected chi connectivity index (χ1v) is 27.3. The minimum Gasteiger partial charge on any atom is -0.457 e. The highest BCUT2D eigenvalue weighted by molar-refractivity contribution is 6.09. The standard InChI is InChI=1S/C70H84N4O/c1-64(2,3)48-30-32-57-58-33-31-55(44-60(58)74(59(57)41-48)61-42-49(34-35-71-61)65(4,5)6)75-56-40-50(66(7,8)9)37-54(43-56)73-45-72(62(67(10,11)12)63(73)68(13,14)15)53-38-51(69(16,17)46-26-22-20-23-27-46)36-52(39-53)70(18,19)47-28-24-21-25-29-47/h20-44H,45H2,1-19H3. The molecule has 8 aromatic rings.